The fourth-order valence-electron chi connectivity index (χ4n) is 3.71. The summed E-state index contributed by atoms with van der Waals surface area (Å²) in [6.07, 6.45) is 1.35. The Kier molecular flexibility index (Phi) is 7.51. The number of carbonyl (C=O) groups is 4. The second-order valence-corrected chi connectivity index (χ2v) is 9.00. The minimum absolute atomic E-state index is 0.0266. The monoisotopic (exact) mass is 492 g/mol. The van der Waals surface area contributed by atoms with Gasteiger partial charge < -0.3 is 20.7 Å². The van der Waals surface area contributed by atoms with Crippen LogP contribution in [-0.2, 0) is 27.2 Å². The number of hydrogen-bond donors (Lipinski definition) is 3. The highest BCUT2D eigenvalue weighted by Gasteiger charge is 2.28. The Hall–Kier alpha value is -4.05. The molecule has 0 bridgehead atoms. The molecule has 1 aliphatic rings. The zero-order valence-corrected chi connectivity index (χ0v) is 19.8. The molecule has 4 rings (SSSR count). The lowest BCUT2D eigenvalue weighted by molar-refractivity contribution is -0.118. The molecule has 3 aromatic rings. The molecule has 9 nitrogen and oxygen atoms in total. The molecule has 0 aliphatic carbocycles. The average molecular weight is 493 g/mol. The highest BCUT2D eigenvalue weighted by molar-refractivity contribution is 7.16. The molecule has 0 fully saturated rings. The fourth-order valence-corrected chi connectivity index (χ4v) is 4.67. The topological polar surface area (TPSA) is 126 Å². The Labute approximate surface area is 205 Å². The average Bonchev–Trinajstić information content (AvgIpc) is 3.22. The second kappa shape index (κ2) is 10.9. The predicted octanol–water partition coefficient (Wildman–Crippen LogP) is 3.18. The van der Waals surface area contributed by atoms with Gasteiger partial charge >= 0.3 is 5.97 Å². The summed E-state index contributed by atoms with van der Waals surface area (Å²) in [6, 6.07) is 15.7. The third-order valence-electron chi connectivity index (χ3n) is 5.52. The number of para-hydroxylation sites is 1. The number of benzene rings is 2. The first-order valence-electron chi connectivity index (χ1n) is 11.1. The van der Waals surface area contributed by atoms with E-state index >= 15 is 0 Å². The van der Waals surface area contributed by atoms with E-state index < -0.39 is 12.0 Å². The van der Waals surface area contributed by atoms with Crippen molar-refractivity contribution in [3.05, 3.63) is 76.3 Å². The Balaban J connectivity index is 1.38. The number of aromatic nitrogens is 1. The van der Waals surface area contributed by atoms with Gasteiger partial charge in [0.15, 0.2) is 10.8 Å². The number of rotatable bonds is 8. The SMILES string of the molecule is COC(=O)c1nc(NC(=O)CCC2NC(=O)c3ccccc3NC2=O)sc1CCc1ccccc1. The van der Waals surface area contributed by atoms with E-state index in [4.69, 9.17) is 4.74 Å². The van der Waals surface area contributed by atoms with E-state index in [-0.39, 0.29) is 41.4 Å². The molecule has 2 heterocycles. The number of ether oxygens (including phenoxy) is 1. The lowest BCUT2D eigenvalue weighted by atomic mass is 10.1. The van der Waals surface area contributed by atoms with Gasteiger partial charge in [0.05, 0.1) is 18.4 Å². The van der Waals surface area contributed by atoms with E-state index in [0.717, 1.165) is 5.56 Å². The van der Waals surface area contributed by atoms with Crippen molar-refractivity contribution in [2.75, 3.05) is 17.7 Å². The number of thiazole rings is 1. The van der Waals surface area contributed by atoms with E-state index in [9.17, 15) is 19.2 Å². The number of hydrogen-bond acceptors (Lipinski definition) is 7. The van der Waals surface area contributed by atoms with Crippen molar-refractivity contribution in [2.45, 2.75) is 31.7 Å². The summed E-state index contributed by atoms with van der Waals surface area (Å²) in [5.74, 6) is -1.72. The second-order valence-electron chi connectivity index (χ2n) is 7.92. The number of carbonyl (C=O) groups excluding carboxylic acids is 4. The first-order chi connectivity index (χ1) is 16.9. The van der Waals surface area contributed by atoms with Gasteiger partial charge in [-0.2, -0.15) is 0 Å². The molecular weight excluding hydrogens is 468 g/mol. The minimum Gasteiger partial charge on any atom is -0.464 e. The lowest BCUT2D eigenvalue weighted by Crippen LogP contribution is -2.41. The summed E-state index contributed by atoms with van der Waals surface area (Å²) >= 11 is 1.22. The zero-order valence-electron chi connectivity index (χ0n) is 19.0. The van der Waals surface area contributed by atoms with Crippen molar-refractivity contribution in [1.29, 1.82) is 0 Å². The number of fused-ring (bicyclic) bond motifs is 1. The lowest BCUT2D eigenvalue weighted by Gasteiger charge is -2.13. The number of nitrogens with one attached hydrogen (secondary N) is 3. The largest absolute Gasteiger partial charge is 0.464 e. The van der Waals surface area contributed by atoms with Gasteiger partial charge in [-0.25, -0.2) is 9.78 Å². The summed E-state index contributed by atoms with van der Waals surface area (Å²) in [7, 11) is 1.28. The van der Waals surface area contributed by atoms with Crippen LogP contribution in [-0.4, -0.2) is 41.8 Å². The van der Waals surface area contributed by atoms with Crippen molar-refractivity contribution < 1.29 is 23.9 Å². The van der Waals surface area contributed by atoms with Gasteiger partial charge in [0.2, 0.25) is 11.8 Å². The van der Waals surface area contributed by atoms with Gasteiger partial charge in [0.1, 0.15) is 6.04 Å². The number of nitrogens with zero attached hydrogens (tertiary/aromatic N) is 1. The zero-order chi connectivity index (χ0) is 24.8. The molecular formula is C25H24N4O5S. The summed E-state index contributed by atoms with van der Waals surface area (Å²) < 4.78 is 4.84. The molecule has 1 aromatic heterocycles. The number of methoxy groups -OCH3 is 1. The maximum Gasteiger partial charge on any atom is 0.357 e. The molecule has 1 unspecified atom stereocenters. The Bertz CT molecular complexity index is 1260. The van der Waals surface area contributed by atoms with Crippen LogP contribution in [0.15, 0.2) is 54.6 Å². The maximum atomic E-state index is 12.6. The number of aryl methyl sites for hydroxylation is 2. The quantitative estimate of drug-likeness (QED) is 0.415. The fraction of sp³-hybridized carbons (Fsp3) is 0.240. The smallest absolute Gasteiger partial charge is 0.357 e. The van der Waals surface area contributed by atoms with E-state index in [1.165, 1.54) is 18.4 Å². The molecule has 0 saturated heterocycles. The van der Waals surface area contributed by atoms with E-state index in [0.29, 0.717) is 29.0 Å². The predicted molar refractivity (Wildman–Crippen MR) is 131 cm³/mol. The molecule has 0 saturated carbocycles. The molecule has 35 heavy (non-hydrogen) atoms. The first kappa shape index (κ1) is 24.1. The molecule has 0 radical (unpaired) electrons. The molecule has 0 spiro atoms. The van der Waals surface area contributed by atoms with Crippen molar-refractivity contribution in [1.82, 2.24) is 10.3 Å². The molecule has 3 N–H and O–H groups in total. The molecule has 1 aliphatic heterocycles. The summed E-state index contributed by atoms with van der Waals surface area (Å²) in [4.78, 5) is 54.7. The van der Waals surface area contributed by atoms with Crippen LogP contribution in [0.25, 0.3) is 0 Å². The van der Waals surface area contributed by atoms with Crippen molar-refractivity contribution in [2.24, 2.45) is 0 Å². The van der Waals surface area contributed by atoms with Gasteiger partial charge in [0, 0.05) is 11.3 Å². The standard InChI is InChI=1S/C25H24N4O5S/c1-34-24(33)21-19(13-11-15-7-3-2-4-8-15)35-25(29-21)28-20(30)14-12-18-23(32)26-17-10-6-5-9-16(17)22(31)27-18/h2-10,18H,11-14H2,1H3,(H,26,32)(H,27,31)(H,28,29,30). The van der Waals surface area contributed by atoms with E-state index in [2.05, 4.69) is 20.9 Å². The third kappa shape index (κ3) is 5.90. The molecule has 10 heteroatoms. The highest BCUT2D eigenvalue weighted by Crippen LogP contribution is 2.26. The van der Waals surface area contributed by atoms with Crippen LogP contribution in [0.1, 0.15) is 44.1 Å². The number of esters is 1. The number of amides is 3. The van der Waals surface area contributed by atoms with Crippen LogP contribution in [0.4, 0.5) is 10.8 Å². The Morgan fingerprint density at radius 1 is 1.06 bits per heavy atom. The molecule has 180 valence electrons. The molecule has 3 amide bonds. The van der Waals surface area contributed by atoms with Crippen LogP contribution < -0.4 is 16.0 Å². The highest BCUT2D eigenvalue weighted by atomic mass is 32.1. The van der Waals surface area contributed by atoms with Crippen LogP contribution in [0.2, 0.25) is 0 Å². The Morgan fingerprint density at radius 3 is 2.57 bits per heavy atom. The van der Waals surface area contributed by atoms with Crippen LogP contribution in [0, 0.1) is 0 Å². The van der Waals surface area contributed by atoms with Crippen LogP contribution >= 0.6 is 11.3 Å². The van der Waals surface area contributed by atoms with Gasteiger partial charge in [-0.15, -0.1) is 11.3 Å². The normalized spacial score (nSPS) is 14.8. The molecule has 1 atom stereocenters. The maximum absolute atomic E-state index is 12.6. The van der Waals surface area contributed by atoms with Gasteiger partial charge in [-0.3, -0.25) is 14.4 Å². The van der Waals surface area contributed by atoms with Crippen molar-refractivity contribution >= 4 is 45.8 Å². The summed E-state index contributed by atoms with van der Waals surface area (Å²) in [5.41, 5.74) is 2.10. The van der Waals surface area contributed by atoms with Gasteiger partial charge in [-0.1, -0.05) is 42.5 Å². The van der Waals surface area contributed by atoms with Crippen LogP contribution in [0.5, 0.6) is 0 Å². The van der Waals surface area contributed by atoms with Crippen molar-refractivity contribution in [3.63, 3.8) is 0 Å². The third-order valence-corrected chi connectivity index (χ3v) is 6.55. The Morgan fingerprint density at radius 2 is 1.80 bits per heavy atom. The summed E-state index contributed by atoms with van der Waals surface area (Å²) in [5, 5.41) is 8.36. The van der Waals surface area contributed by atoms with Gasteiger partial charge in [0.25, 0.3) is 5.91 Å². The van der Waals surface area contributed by atoms with E-state index in [1.807, 2.05) is 30.3 Å². The van der Waals surface area contributed by atoms with Crippen LogP contribution in [0.3, 0.4) is 0 Å². The van der Waals surface area contributed by atoms with E-state index in [1.54, 1.807) is 24.3 Å². The summed E-state index contributed by atoms with van der Waals surface area (Å²) in [6.45, 7) is 0. The first-order valence-corrected chi connectivity index (χ1v) is 11.9. The number of anilines is 2. The van der Waals surface area contributed by atoms with Gasteiger partial charge in [-0.05, 0) is 37.0 Å². The minimum atomic E-state index is -0.857. The molecule has 2 aromatic carbocycles. The van der Waals surface area contributed by atoms with Crippen molar-refractivity contribution in [3.8, 4) is 0 Å².